The number of carbonyl (C=O) groups excluding carboxylic acids is 1. The highest BCUT2D eigenvalue weighted by Gasteiger charge is 2.10. The molecule has 0 aliphatic carbocycles. The van der Waals surface area contributed by atoms with Crippen molar-refractivity contribution in [3.63, 3.8) is 0 Å². The van der Waals surface area contributed by atoms with E-state index in [0.717, 1.165) is 6.42 Å². The Morgan fingerprint density at radius 2 is 2.14 bits per heavy atom. The summed E-state index contributed by atoms with van der Waals surface area (Å²) in [5, 5.41) is 7.48. The molecule has 21 heavy (non-hydrogen) atoms. The molecule has 2 rings (SSSR count). The Hall–Kier alpha value is -2.02. The molecule has 1 atom stereocenters. The summed E-state index contributed by atoms with van der Waals surface area (Å²) in [6.07, 6.45) is 0.885. The lowest BCUT2D eigenvalue weighted by Gasteiger charge is -2.10. The molecule has 0 spiro atoms. The summed E-state index contributed by atoms with van der Waals surface area (Å²) in [6.45, 7) is 3.96. The Labute approximate surface area is 127 Å². The monoisotopic (exact) mass is 306 g/mol. The van der Waals surface area contributed by atoms with Crippen LogP contribution < -0.4 is 11.0 Å². The fourth-order valence-corrected chi connectivity index (χ4v) is 2.32. The van der Waals surface area contributed by atoms with E-state index in [4.69, 9.17) is 0 Å². The van der Waals surface area contributed by atoms with Crippen molar-refractivity contribution in [1.29, 1.82) is 0 Å². The summed E-state index contributed by atoms with van der Waals surface area (Å²) in [6, 6.07) is 9.29. The number of aromatic nitrogens is 3. The van der Waals surface area contributed by atoms with Crippen molar-refractivity contribution in [2.45, 2.75) is 31.5 Å². The Morgan fingerprint density at radius 1 is 1.43 bits per heavy atom. The van der Waals surface area contributed by atoms with Crippen LogP contribution in [0.3, 0.4) is 0 Å². The summed E-state index contributed by atoms with van der Waals surface area (Å²) >= 11 is 1.21. The van der Waals surface area contributed by atoms with Crippen molar-refractivity contribution in [1.82, 2.24) is 20.1 Å². The lowest BCUT2D eigenvalue weighted by molar-refractivity contribution is -0.119. The van der Waals surface area contributed by atoms with Gasteiger partial charge in [-0.1, -0.05) is 36.9 Å². The molecule has 1 amide bonds. The van der Waals surface area contributed by atoms with Crippen LogP contribution in [0.5, 0.6) is 0 Å². The molecule has 112 valence electrons. The van der Waals surface area contributed by atoms with Gasteiger partial charge in [0.25, 0.3) is 0 Å². The van der Waals surface area contributed by atoms with Crippen molar-refractivity contribution >= 4 is 17.7 Å². The molecular weight excluding hydrogens is 288 g/mol. The van der Waals surface area contributed by atoms with Gasteiger partial charge in [-0.15, -0.1) is 5.10 Å². The number of benzene rings is 1. The smallest absolute Gasteiger partial charge is 0.348 e. The molecule has 2 aromatic rings. The number of nitrogens with one attached hydrogen (secondary N) is 2. The minimum Gasteiger partial charge on any atom is -0.353 e. The second-order valence-electron chi connectivity index (χ2n) is 4.65. The number of amides is 1. The van der Waals surface area contributed by atoms with Crippen molar-refractivity contribution in [3.8, 4) is 5.69 Å². The van der Waals surface area contributed by atoms with Crippen LogP contribution in [-0.4, -0.2) is 32.5 Å². The first kappa shape index (κ1) is 15.4. The predicted molar refractivity (Wildman–Crippen MR) is 82.8 cm³/mol. The predicted octanol–water partition coefficient (Wildman–Crippen LogP) is 1.57. The molecule has 6 nitrogen and oxygen atoms in total. The zero-order chi connectivity index (χ0) is 15.2. The first-order chi connectivity index (χ1) is 10.1. The van der Waals surface area contributed by atoms with E-state index in [1.54, 1.807) is 12.1 Å². The summed E-state index contributed by atoms with van der Waals surface area (Å²) in [7, 11) is 0. The van der Waals surface area contributed by atoms with Gasteiger partial charge in [0.1, 0.15) is 0 Å². The largest absolute Gasteiger partial charge is 0.353 e. The molecule has 7 heteroatoms. The molecule has 0 aliphatic heterocycles. The van der Waals surface area contributed by atoms with Gasteiger partial charge in [-0.2, -0.15) is 4.68 Å². The molecule has 0 fully saturated rings. The van der Waals surface area contributed by atoms with Crippen LogP contribution in [0, 0.1) is 0 Å². The number of hydrogen-bond acceptors (Lipinski definition) is 4. The SMILES string of the molecule is CCC(C)NC(=O)CSc1nn(-c2ccccc2)c(=O)[nH]1. The van der Waals surface area contributed by atoms with E-state index in [1.807, 2.05) is 32.0 Å². The second kappa shape index (κ2) is 7.12. The third kappa shape index (κ3) is 4.22. The van der Waals surface area contributed by atoms with E-state index in [2.05, 4.69) is 15.4 Å². The normalized spacial score (nSPS) is 12.1. The van der Waals surface area contributed by atoms with Gasteiger partial charge >= 0.3 is 5.69 Å². The quantitative estimate of drug-likeness (QED) is 0.794. The number of carbonyl (C=O) groups is 1. The molecule has 0 saturated carbocycles. The van der Waals surface area contributed by atoms with E-state index in [0.29, 0.717) is 10.8 Å². The first-order valence-corrected chi connectivity index (χ1v) is 7.75. The molecular formula is C14H18N4O2S. The van der Waals surface area contributed by atoms with Crippen molar-refractivity contribution < 1.29 is 4.79 Å². The molecule has 1 aromatic carbocycles. The summed E-state index contributed by atoms with van der Waals surface area (Å²) in [5.74, 6) is 0.163. The zero-order valence-electron chi connectivity index (χ0n) is 12.0. The third-order valence-corrected chi connectivity index (χ3v) is 3.82. The molecule has 2 N–H and O–H groups in total. The number of para-hydroxylation sites is 1. The average Bonchev–Trinajstić information content (AvgIpc) is 2.87. The van der Waals surface area contributed by atoms with Gasteiger partial charge in [-0.25, -0.2) is 4.79 Å². The zero-order valence-corrected chi connectivity index (χ0v) is 12.8. The van der Waals surface area contributed by atoms with E-state index in [9.17, 15) is 9.59 Å². The third-order valence-electron chi connectivity index (χ3n) is 2.96. The maximum absolute atomic E-state index is 11.8. The van der Waals surface area contributed by atoms with E-state index >= 15 is 0 Å². The number of H-pyrrole nitrogens is 1. The standard InChI is InChI=1S/C14H18N4O2S/c1-3-10(2)15-12(19)9-21-13-16-14(20)18(17-13)11-7-5-4-6-8-11/h4-8,10H,3,9H2,1-2H3,(H,15,19)(H,16,17,20). The lowest BCUT2D eigenvalue weighted by Crippen LogP contribution is -2.33. The van der Waals surface area contributed by atoms with Crippen LogP contribution in [0.25, 0.3) is 5.69 Å². The van der Waals surface area contributed by atoms with Gasteiger partial charge in [0, 0.05) is 6.04 Å². The average molecular weight is 306 g/mol. The van der Waals surface area contributed by atoms with Crippen molar-refractivity contribution in [2.75, 3.05) is 5.75 Å². The molecule has 1 unspecified atom stereocenters. The number of thioether (sulfide) groups is 1. The van der Waals surface area contributed by atoms with E-state index in [1.165, 1.54) is 16.4 Å². The minimum atomic E-state index is -0.314. The lowest BCUT2D eigenvalue weighted by atomic mass is 10.3. The first-order valence-electron chi connectivity index (χ1n) is 6.77. The topological polar surface area (TPSA) is 79.8 Å². The fraction of sp³-hybridized carbons (Fsp3) is 0.357. The molecule has 0 radical (unpaired) electrons. The molecule has 0 bridgehead atoms. The highest BCUT2D eigenvalue weighted by molar-refractivity contribution is 7.99. The highest BCUT2D eigenvalue weighted by atomic mass is 32.2. The summed E-state index contributed by atoms with van der Waals surface area (Å²) in [5.41, 5.74) is 0.376. The Bertz CT molecular complexity index is 650. The maximum Gasteiger partial charge on any atom is 0.348 e. The van der Waals surface area contributed by atoms with Gasteiger partial charge < -0.3 is 5.32 Å². The Morgan fingerprint density at radius 3 is 2.81 bits per heavy atom. The van der Waals surface area contributed by atoms with Gasteiger partial charge in [-0.05, 0) is 25.5 Å². The summed E-state index contributed by atoms with van der Waals surface area (Å²) in [4.78, 5) is 26.2. The number of aromatic amines is 1. The van der Waals surface area contributed by atoms with E-state index in [-0.39, 0.29) is 23.4 Å². The maximum atomic E-state index is 11.8. The Kier molecular flexibility index (Phi) is 5.21. The van der Waals surface area contributed by atoms with Crippen LogP contribution in [0.4, 0.5) is 0 Å². The molecule has 0 saturated heterocycles. The Balaban J connectivity index is 2.00. The van der Waals surface area contributed by atoms with Gasteiger partial charge in [0.2, 0.25) is 5.91 Å². The second-order valence-corrected chi connectivity index (χ2v) is 5.61. The fourth-order valence-electron chi connectivity index (χ4n) is 1.67. The highest BCUT2D eigenvalue weighted by Crippen LogP contribution is 2.11. The number of rotatable bonds is 6. The van der Waals surface area contributed by atoms with Gasteiger partial charge in [0.05, 0.1) is 11.4 Å². The minimum absolute atomic E-state index is 0.0653. The van der Waals surface area contributed by atoms with Crippen LogP contribution in [0.15, 0.2) is 40.3 Å². The van der Waals surface area contributed by atoms with Gasteiger partial charge in [-0.3, -0.25) is 9.78 Å². The summed E-state index contributed by atoms with van der Waals surface area (Å²) < 4.78 is 1.29. The van der Waals surface area contributed by atoms with Crippen LogP contribution in [0.2, 0.25) is 0 Å². The van der Waals surface area contributed by atoms with Crippen LogP contribution in [0.1, 0.15) is 20.3 Å². The number of hydrogen-bond donors (Lipinski definition) is 2. The molecule has 1 aromatic heterocycles. The van der Waals surface area contributed by atoms with Gasteiger partial charge in [0.15, 0.2) is 5.16 Å². The molecule has 0 aliphatic rings. The van der Waals surface area contributed by atoms with Crippen LogP contribution in [-0.2, 0) is 4.79 Å². The van der Waals surface area contributed by atoms with Crippen molar-refractivity contribution in [2.24, 2.45) is 0 Å². The van der Waals surface area contributed by atoms with Crippen LogP contribution >= 0.6 is 11.8 Å². The molecule has 1 heterocycles. The number of nitrogens with zero attached hydrogens (tertiary/aromatic N) is 2. The van der Waals surface area contributed by atoms with Crippen molar-refractivity contribution in [3.05, 3.63) is 40.8 Å². The van der Waals surface area contributed by atoms with E-state index < -0.39 is 0 Å².